The molecule has 0 bridgehead atoms. The predicted molar refractivity (Wildman–Crippen MR) is 85.7 cm³/mol. The zero-order valence-corrected chi connectivity index (χ0v) is 14.1. The zero-order valence-electron chi connectivity index (χ0n) is 13.4. The first-order chi connectivity index (χ1) is 11.7. The number of likely N-dealkylation sites (tertiary alicyclic amines) is 1. The summed E-state index contributed by atoms with van der Waals surface area (Å²) in [6.07, 6.45) is 2.43. The van der Waals surface area contributed by atoms with Crippen molar-refractivity contribution in [3.63, 3.8) is 0 Å². The molecule has 1 saturated heterocycles. The van der Waals surface area contributed by atoms with Crippen molar-refractivity contribution >= 4 is 17.5 Å². The molecule has 8 heteroatoms. The molecule has 7 nitrogen and oxygen atoms in total. The van der Waals surface area contributed by atoms with Gasteiger partial charge in [0.2, 0.25) is 0 Å². The highest BCUT2D eigenvalue weighted by molar-refractivity contribution is 6.29. The molecule has 0 radical (unpaired) electrons. The lowest BCUT2D eigenvalue weighted by atomic mass is 9.91. The number of rotatable bonds is 5. The molecule has 128 valence electrons. The molecule has 1 amide bonds. The number of nitrogens with one attached hydrogen (secondary N) is 1. The summed E-state index contributed by atoms with van der Waals surface area (Å²) in [4.78, 5) is 19.0. The molecule has 2 fully saturated rings. The SMILES string of the molecule is COCc1nc([C@H]2CN(C(=O)c3ccc(Cl)o3)C[C@@H]2C2CC2)n[nH]1. The van der Waals surface area contributed by atoms with Crippen LogP contribution in [0.25, 0.3) is 0 Å². The van der Waals surface area contributed by atoms with Crippen molar-refractivity contribution in [3.05, 3.63) is 34.8 Å². The van der Waals surface area contributed by atoms with Gasteiger partial charge in [-0.2, -0.15) is 5.10 Å². The van der Waals surface area contributed by atoms with Crippen molar-refractivity contribution in [3.8, 4) is 0 Å². The smallest absolute Gasteiger partial charge is 0.289 e. The quantitative estimate of drug-likeness (QED) is 0.895. The number of furan rings is 1. The number of hydrogen-bond donors (Lipinski definition) is 1. The lowest BCUT2D eigenvalue weighted by molar-refractivity contribution is 0.0753. The van der Waals surface area contributed by atoms with Crippen LogP contribution in [0.1, 0.15) is 41.0 Å². The summed E-state index contributed by atoms with van der Waals surface area (Å²) in [5, 5.41) is 7.49. The summed E-state index contributed by atoms with van der Waals surface area (Å²) in [5.41, 5.74) is 0. The van der Waals surface area contributed by atoms with Gasteiger partial charge >= 0.3 is 0 Å². The third-order valence-corrected chi connectivity index (χ3v) is 5.03. The number of methoxy groups -OCH3 is 1. The minimum atomic E-state index is -0.122. The third-order valence-electron chi connectivity index (χ3n) is 4.83. The maximum Gasteiger partial charge on any atom is 0.289 e. The molecule has 0 unspecified atom stereocenters. The second kappa shape index (κ2) is 6.22. The Morgan fingerprint density at radius 3 is 2.96 bits per heavy atom. The third kappa shape index (κ3) is 2.93. The van der Waals surface area contributed by atoms with E-state index in [2.05, 4.69) is 15.2 Å². The molecule has 2 aromatic rings. The maximum absolute atomic E-state index is 12.6. The molecule has 3 heterocycles. The van der Waals surface area contributed by atoms with Crippen LogP contribution in [0.5, 0.6) is 0 Å². The van der Waals surface area contributed by atoms with Crippen LogP contribution < -0.4 is 0 Å². The number of ether oxygens (including phenoxy) is 1. The first-order valence-corrected chi connectivity index (χ1v) is 8.48. The molecule has 1 N–H and O–H groups in total. The molecule has 1 saturated carbocycles. The molecule has 1 aliphatic carbocycles. The maximum atomic E-state index is 12.6. The van der Waals surface area contributed by atoms with E-state index in [4.69, 9.17) is 20.8 Å². The average Bonchev–Trinajstić information content (AvgIpc) is 2.99. The van der Waals surface area contributed by atoms with Gasteiger partial charge in [0.05, 0.1) is 0 Å². The molecule has 0 spiro atoms. The van der Waals surface area contributed by atoms with Crippen molar-refractivity contribution in [1.82, 2.24) is 20.1 Å². The Balaban J connectivity index is 1.54. The average molecular weight is 351 g/mol. The lowest BCUT2D eigenvalue weighted by Gasteiger charge is -2.14. The van der Waals surface area contributed by atoms with Crippen molar-refractivity contribution in [2.45, 2.75) is 25.4 Å². The summed E-state index contributed by atoms with van der Waals surface area (Å²) in [7, 11) is 1.62. The number of carbonyl (C=O) groups is 1. The number of halogens is 1. The van der Waals surface area contributed by atoms with E-state index in [1.54, 1.807) is 19.2 Å². The van der Waals surface area contributed by atoms with E-state index >= 15 is 0 Å². The Hall–Kier alpha value is -1.86. The molecular formula is C16H19ClN4O3. The van der Waals surface area contributed by atoms with Gasteiger partial charge in [0.15, 0.2) is 22.6 Å². The largest absolute Gasteiger partial charge is 0.440 e. The highest BCUT2D eigenvalue weighted by atomic mass is 35.5. The Bertz CT molecular complexity index is 739. The van der Waals surface area contributed by atoms with Gasteiger partial charge in [-0.15, -0.1) is 0 Å². The van der Waals surface area contributed by atoms with Crippen LogP contribution in [0.15, 0.2) is 16.5 Å². The molecule has 24 heavy (non-hydrogen) atoms. The normalized spacial score (nSPS) is 23.8. The number of aromatic nitrogens is 3. The number of H-pyrrole nitrogens is 1. The van der Waals surface area contributed by atoms with E-state index in [-0.39, 0.29) is 22.8 Å². The van der Waals surface area contributed by atoms with Gasteiger partial charge in [-0.3, -0.25) is 9.89 Å². The van der Waals surface area contributed by atoms with Crippen LogP contribution in [0.2, 0.25) is 5.22 Å². The molecule has 2 atom stereocenters. The molecule has 1 aliphatic heterocycles. The minimum absolute atomic E-state index is 0.122. The van der Waals surface area contributed by atoms with Gasteiger partial charge in [-0.1, -0.05) is 0 Å². The highest BCUT2D eigenvalue weighted by Crippen LogP contribution is 2.47. The summed E-state index contributed by atoms with van der Waals surface area (Å²) >= 11 is 5.78. The van der Waals surface area contributed by atoms with Gasteiger partial charge in [0, 0.05) is 26.1 Å². The number of aromatic amines is 1. The van der Waals surface area contributed by atoms with Gasteiger partial charge in [-0.05, 0) is 48.4 Å². The van der Waals surface area contributed by atoms with E-state index in [1.807, 2.05) is 4.90 Å². The fourth-order valence-corrected chi connectivity index (χ4v) is 3.68. The first-order valence-electron chi connectivity index (χ1n) is 8.10. The van der Waals surface area contributed by atoms with Crippen LogP contribution in [0, 0.1) is 11.8 Å². The van der Waals surface area contributed by atoms with E-state index in [0.717, 1.165) is 5.82 Å². The lowest BCUT2D eigenvalue weighted by Crippen LogP contribution is -2.28. The number of hydrogen-bond acceptors (Lipinski definition) is 5. The fourth-order valence-electron chi connectivity index (χ4n) is 3.53. The van der Waals surface area contributed by atoms with Crippen LogP contribution in [-0.2, 0) is 11.3 Å². The Kier molecular flexibility index (Phi) is 4.05. The van der Waals surface area contributed by atoms with Crippen molar-refractivity contribution < 1.29 is 13.9 Å². The summed E-state index contributed by atoms with van der Waals surface area (Å²) in [6, 6.07) is 3.21. The van der Waals surface area contributed by atoms with Gasteiger partial charge in [0.1, 0.15) is 6.61 Å². The van der Waals surface area contributed by atoms with Gasteiger partial charge < -0.3 is 14.1 Å². The van der Waals surface area contributed by atoms with E-state index < -0.39 is 0 Å². The predicted octanol–water partition coefficient (Wildman–Crippen LogP) is 2.46. The summed E-state index contributed by atoms with van der Waals surface area (Å²) in [6.45, 7) is 1.71. The standard InChI is InChI=1S/C16H19ClN4O3/c1-23-8-14-18-15(20-19-14)11-7-21(6-10(11)9-2-3-9)16(22)12-4-5-13(17)24-12/h4-5,9-11H,2-3,6-8H2,1H3,(H,18,19,20)/t10-,11+/m1/s1. The van der Waals surface area contributed by atoms with Crippen molar-refractivity contribution in [2.24, 2.45) is 11.8 Å². The van der Waals surface area contributed by atoms with Crippen LogP contribution in [0.4, 0.5) is 0 Å². The second-order valence-electron chi connectivity index (χ2n) is 6.49. The number of nitrogens with zero attached hydrogens (tertiary/aromatic N) is 3. The number of amides is 1. The fraction of sp³-hybridized carbons (Fsp3) is 0.562. The Labute approximate surface area is 144 Å². The molecule has 4 rings (SSSR count). The van der Waals surface area contributed by atoms with E-state index in [9.17, 15) is 4.79 Å². The summed E-state index contributed by atoms with van der Waals surface area (Å²) < 4.78 is 10.4. The van der Waals surface area contributed by atoms with Crippen molar-refractivity contribution in [2.75, 3.05) is 20.2 Å². The zero-order chi connectivity index (χ0) is 16.7. The Morgan fingerprint density at radius 1 is 1.46 bits per heavy atom. The minimum Gasteiger partial charge on any atom is -0.440 e. The van der Waals surface area contributed by atoms with Crippen molar-refractivity contribution in [1.29, 1.82) is 0 Å². The van der Waals surface area contributed by atoms with Gasteiger partial charge in [-0.25, -0.2) is 4.98 Å². The van der Waals surface area contributed by atoms with Crippen LogP contribution >= 0.6 is 11.6 Å². The topological polar surface area (TPSA) is 84.2 Å². The Morgan fingerprint density at radius 2 is 2.29 bits per heavy atom. The van der Waals surface area contributed by atoms with E-state index in [1.165, 1.54) is 12.8 Å². The van der Waals surface area contributed by atoms with Gasteiger partial charge in [0.25, 0.3) is 5.91 Å². The first kappa shape index (κ1) is 15.7. The van der Waals surface area contributed by atoms with Crippen LogP contribution in [0.3, 0.4) is 0 Å². The van der Waals surface area contributed by atoms with Crippen LogP contribution in [-0.4, -0.2) is 46.2 Å². The molecule has 2 aliphatic rings. The molecule has 0 aromatic carbocycles. The second-order valence-corrected chi connectivity index (χ2v) is 6.87. The number of carbonyl (C=O) groups excluding carboxylic acids is 1. The molecular weight excluding hydrogens is 332 g/mol. The van der Waals surface area contributed by atoms with E-state index in [0.29, 0.717) is 37.4 Å². The molecule has 2 aromatic heterocycles. The monoisotopic (exact) mass is 350 g/mol. The summed E-state index contributed by atoms with van der Waals surface area (Å²) in [5.74, 6) is 2.83. The highest BCUT2D eigenvalue weighted by Gasteiger charge is 2.46.